The van der Waals surface area contributed by atoms with Crippen LogP contribution in [0.4, 0.5) is 0 Å². The first-order chi connectivity index (χ1) is 9.98. The van der Waals surface area contributed by atoms with Crippen molar-refractivity contribution in [1.82, 2.24) is 15.1 Å². The van der Waals surface area contributed by atoms with Crippen LogP contribution in [0.25, 0.3) is 10.8 Å². The van der Waals surface area contributed by atoms with Gasteiger partial charge in [0.25, 0.3) is 11.5 Å². The number of likely N-dealkylation sites (tertiary alicyclic amines) is 1. The monoisotopic (exact) mass is 287 g/mol. The van der Waals surface area contributed by atoms with E-state index in [9.17, 15) is 14.7 Å². The summed E-state index contributed by atoms with van der Waals surface area (Å²) < 4.78 is 0. The van der Waals surface area contributed by atoms with Gasteiger partial charge in [0.1, 0.15) is 0 Å². The van der Waals surface area contributed by atoms with Crippen molar-refractivity contribution in [3.8, 4) is 0 Å². The molecule has 110 valence electrons. The molecular formula is C15H17N3O3. The molecular weight excluding hydrogens is 270 g/mol. The molecule has 0 saturated carbocycles. The zero-order valence-electron chi connectivity index (χ0n) is 11.8. The van der Waals surface area contributed by atoms with E-state index in [1.807, 2.05) is 0 Å². The number of H-pyrrole nitrogens is 1. The van der Waals surface area contributed by atoms with Gasteiger partial charge in [-0.1, -0.05) is 18.2 Å². The molecule has 2 heterocycles. The van der Waals surface area contributed by atoms with Gasteiger partial charge in [-0.15, -0.1) is 0 Å². The first-order valence-corrected chi connectivity index (χ1v) is 6.97. The number of piperidine rings is 1. The third-order valence-electron chi connectivity index (χ3n) is 4.03. The van der Waals surface area contributed by atoms with Gasteiger partial charge < -0.3 is 10.0 Å². The molecule has 0 aliphatic carbocycles. The molecule has 6 nitrogen and oxygen atoms in total. The van der Waals surface area contributed by atoms with Crippen molar-refractivity contribution >= 4 is 16.7 Å². The summed E-state index contributed by atoms with van der Waals surface area (Å²) in [6.07, 6.45) is 1.08. The number of hydrogen-bond donors (Lipinski definition) is 2. The summed E-state index contributed by atoms with van der Waals surface area (Å²) >= 11 is 0. The molecule has 2 aromatic rings. The quantitative estimate of drug-likeness (QED) is 0.816. The van der Waals surface area contributed by atoms with E-state index in [0.29, 0.717) is 36.7 Å². The van der Waals surface area contributed by atoms with E-state index in [1.165, 1.54) is 0 Å². The maximum atomic E-state index is 12.6. The summed E-state index contributed by atoms with van der Waals surface area (Å²) in [5.74, 6) is -0.210. The SMILES string of the molecule is CC1(O)CCN(C(=O)c2n[nH]c(=O)c3ccccc23)CC1. The van der Waals surface area contributed by atoms with Crippen LogP contribution in [0.15, 0.2) is 29.1 Å². The number of aliphatic hydroxyl groups is 1. The Morgan fingerprint density at radius 1 is 1.29 bits per heavy atom. The van der Waals surface area contributed by atoms with E-state index >= 15 is 0 Å². The van der Waals surface area contributed by atoms with E-state index < -0.39 is 5.60 Å². The van der Waals surface area contributed by atoms with Gasteiger partial charge >= 0.3 is 0 Å². The maximum absolute atomic E-state index is 12.6. The van der Waals surface area contributed by atoms with Crippen LogP contribution in [-0.4, -0.2) is 44.8 Å². The van der Waals surface area contributed by atoms with Crippen LogP contribution in [0.2, 0.25) is 0 Å². The molecule has 1 aromatic carbocycles. The van der Waals surface area contributed by atoms with E-state index in [0.717, 1.165) is 0 Å². The first kappa shape index (κ1) is 13.8. The van der Waals surface area contributed by atoms with Crippen LogP contribution >= 0.6 is 0 Å². The number of carbonyl (C=O) groups is 1. The summed E-state index contributed by atoms with van der Waals surface area (Å²) in [6, 6.07) is 6.93. The molecule has 0 bridgehead atoms. The highest BCUT2D eigenvalue weighted by atomic mass is 16.3. The van der Waals surface area contributed by atoms with Crippen LogP contribution < -0.4 is 5.56 Å². The van der Waals surface area contributed by atoms with Crippen molar-refractivity contribution in [2.24, 2.45) is 0 Å². The first-order valence-electron chi connectivity index (χ1n) is 6.97. The van der Waals surface area contributed by atoms with Crippen molar-refractivity contribution < 1.29 is 9.90 Å². The fourth-order valence-electron chi connectivity index (χ4n) is 2.62. The van der Waals surface area contributed by atoms with Crippen LogP contribution in [0.5, 0.6) is 0 Å². The Morgan fingerprint density at radius 2 is 1.90 bits per heavy atom. The third kappa shape index (κ3) is 2.54. The third-order valence-corrected chi connectivity index (χ3v) is 4.03. The Kier molecular flexibility index (Phi) is 3.25. The van der Waals surface area contributed by atoms with Gasteiger partial charge in [0.2, 0.25) is 0 Å². The van der Waals surface area contributed by atoms with E-state index in [4.69, 9.17) is 0 Å². The number of fused-ring (bicyclic) bond motifs is 1. The summed E-state index contributed by atoms with van der Waals surface area (Å²) in [4.78, 5) is 26.0. The van der Waals surface area contributed by atoms with Crippen LogP contribution in [0, 0.1) is 0 Å². The molecule has 1 saturated heterocycles. The zero-order chi connectivity index (χ0) is 15.0. The normalized spacial score (nSPS) is 17.9. The number of rotatable bonds is 1. The summed E-state index contributed by atoms with van der Waals surface area (Å²) in [7, 11) is 0. The Bertz CT molecular complexity index is 741. The minimum absolute atomic E-state index is 0.210. The number of nitrogens with zero attached hydrogens (tertiary/aromatic N) is 2. The van der Waals surface area contributed by atoms with Crippen molar-refractivity contribution in [3.63, 3.8) is 0 Å². The van der Waals surface area contributed by atoms with Gasteiger partial charge in [-0.25, -0.2) is 5.10 Å². The Balaban J connectivity index is 1.96. The number of carbonyl (C=O) groups excluding carboxylic acids is 1. The number of aromatic amines is 1. The van der Waals surface area contributed by atoms with Crippen molar-refractivity contribution in [3.05, 3.63) is 40.3 Å². The Morgan fingerprint density at radius 3 is 2.57 bits per heavy atom. The highest BCUT2D eigenvalue weighted by molar-refractivity contribution is 6.04. The maximum Gasteiger partial charge on any atom is 0.274 e. The smallest absolute Gasteiger partial charge is 0.274 e. The predicted molar refractivity (Wildman–Crippen MR) is 78.1 cm³/mol. The van der Waals surface area contributed by atoms with Gasteiger partial charge in [0, 0.05) is 18.5 Å². The molecule has 2 N–H and O–H groups in total. The molecule has 6 heteroatoms. The standard InChI is InChI=1S/C15H17N3O3/c1-15(21)6-8-18(9-7-15)14(20)12-10-4-2-3-5-11(10)13(19)17-16-12/h2-5,21H,6-9H2,1H3,(H,17,19). The lowest BCUT2D eigenvalue weighted by molar-refractivity contribution is -0.00215. The Hall–Kier alpha value is -2.21. The number of benzene rings is 1. The number of hydrogen-bond acceptors (Lipinski definition) is 4. The molecule has 1 aliphatic rings. The van der Waals surface area contributed by atoms with Gasteiger partial charge in [-0.3, -0.25) is 9.59 Å². The fraction of sp³-hybridized carbons (Fsp3) is 0.400. The Labute approximate surface area is 121 Å². The second-order valence-corrected chi connectivity index (χ2v) is 5.74. The summed E-state index contributed by atoms with van der Waals surface area (Å²) in [5.41, 5.74) is -0.757. The predicted octanol–water partition coefficient (Wildman–Crippen LogP) is 0.910. The molecule has 1 fully saturated rings. The minimum atomic E-state index is -0.711. The number of amides is 1. The van der Waals surface area contributed by atoms with E-state index in [1.54, 1.807) is 36.1 Å². The second kappa shape index (κ2) is 4.96. The lowest BCUT2D eigenvalue weighted by Crippen LogP contribution is -2.45. The highest BCUT2D eigenvalue weighted by Crippen LogP contribution is 2.23. The summed E-state index contributed by atoms with van der Waals surface area (Å²) in [6.45, 7) is 2.75. The molecule has 0 atom stereocenters. The van der Waals surface area contributed by atoms with Crippen LogP contribution in [0.1, 0.15) is 30.3 Å². The molecule has 21 heavy (non-hydrogen) atoms. The van der Waals surface area contributed by atoms with Gasteiger partial charge in [-0.2, -0.15) is 5.10 Å². The average Bonchev–Trinajstić information content (AvgIpc) is 2.47. The van der Waals surface area contributed by atoms with E-state index in [-0.39, 0.29) is 17.2 Å². The minimum Gasteiger partial charge on any atom is -0.390 e. The molecule has 0 unspecified atom stereocenters. The zero-order valence-corrected chi connectivity index (χ0v) is 11.8. The second-order valence-electron chi connectivity index (χ2n) is 5.74. The molecule has 1 aromatic heterocycles. The lowest BCUT2D eigenvalue weighted by atomic mass is 9.93. The van der Waals surface area contributed by atoms with Crippen molar-refractivity contribution in [2.45, 2.75) is 25.4 Å². The van der Waals surface area contributed by atoms with Crippen molar-refractivity contribution in [2.75, 3.05) is 13.1 Å². The summed E-state index contributed by atoms with van der Waals surface area (Å²) in [5, 5.41) is 17.3. The molecule has 1 amide bonds. The van der Waals surface area contributed by atoms with Crippen LogP contribution in [0.3, 0.4) is 0 Å². The average molecular weight is 287 g/mol. The van der Waals surface area contributed by atoms with Crippen molar-refractivity contribution in [1.29, 1.82) is 0 Å². The number of nitrogens with one attached hydrogen (secondary N) is 1. The highest BCUT2D eigenvalue weighted by Gasteiger charge is 2.31. The van der Waals surface area contributed by atoms with E-state index in [2.05, 4.69) is 10.2 Å². The fourth-order valence-corrected chi connectivity index (χ4v) is 2.62. The number of aromatic nitrogens is 2. The lowest BCUT2D eigenvalue weighted by Gasteiger charge is -2.35. The molecule has 1 aliphatic heterocycles. The molecule has 0 spiro atoms. The largest absolute Gasteiger partial charge is 0.390 e. The topological polar surface area (TPSA) is 86.3 Å². The molecule has 3 rings (SSSR count). The van der Waals surface area contributed by atoms with Gasteiger partial charge in [0.15, 0.2) is 5.69 Å². The van der Waals surface area contributed by atoms with Crippen LogP contribution in [-0.2, 0) is 0 Å². The molecule has 0 radical (unpaired) electrons. The van der Waals surface area contributed by atoms with Gasteiger partial charge in [-0.05, 0) is 25.8 Å². The van der Waals surface area contributed by atoms with Gasteiger partial charge in [0.05, 0.1) is 11.0 Å².